The van der Waals surface area contributed by atoms with E-state index in [1.807, 2.05) is 55.4 Å². The molecule has 0 spiro atoms. The van der Waals surface area contributed by atoms with Gasteiger partial charge in [0.2, 0.25) is 0 Å². The highest BCUT2D eigenvalue weighted by atomic mass is 15.0. The number of nitrogens with zero attached hydrogens (tertiary/aromatic N) is 6. The number of aromatic nitrogens is 6. The SMILES string of the molecule is c1ccc(-c2ccccc2-c2ccc3c(c2)c2ncccc2n3-c2cccc(-n3c4ccncc4c4cnccc43)c2)nc1. The van der Waals surface area contributed by atoms with Crippen LogP contribution < -0.4 is 0 Å². The molecule has 0 bridgehead atoms. The summed E-state index contributed by atoms with van der Waals surface area (Å²) >= 11 is 0. The van der Waals surface area contributed by atoms with Crippen molar-refractivity contribution in [2.45, 2.75) is 0 Å². The van der Waals surface area contributed by atoms with Crippen LogP contribution in [0.3, 0.4) is 0 Å². The number of fused-ring (bicyclic) bond motifs is 6. The summed E-state index contributed by atoms with van der Waals surface area (Å²) in [4.78, 5) is 18.3. The summed E-state index contributed by atoms with van der Waals surface area (Å²) in [6, 6.07) is 38.1. The van der Waals surface area contributed by atoms with E-state index >= 15 is 0 Å². The minimum absolute atomic E-state index is 0.956. The van der Waals surface area contributed by atoms with E-state index in [2.05, 4.69) is 115 Å². The molecule has 9 rings (SSSR count). The quantitative estimate of drug-likeness (QED) is 0.214. The van der Waals surface area contributed by atoms with Gasteiger partial charge in [0, 0.05) is 70.3 Å². The fourth-order valence-corrected chi connectivity index (χ4v) is 6.52. The number of pyridine rings is 4. The van der Waals surface area contributed by atoms with Gasteiger partial charge in [-0.1, -0.05) is 42.5 Å². The summed E-state index contributed by atoms with van der Waals surface area (Å²) in [5, 5.41) is 3.27. The van der Waals surface area contributed by atoms with Gasteiger partial charge in [-0.2, -0.15) is 0 Å². The van der Waals surface area contributed by atoms with Crippen LogP contribution in [-0.2, 0) is 0 Å². The molecule has 44 heavy (non-hydrogen) atoms. The van der Waals surface area contributed by atoms with Gasteiger partial charge in [-0.15, -0.1) is 0 Å². The van der Waals surface area contributed by atoms with Crippen molar-refractivity contribution in [2.24, 2.45) is 0 Å². The molecule has 0 unspecified atom stereocenters. The third-order valence-corrected chi connectivity index (χ3v) is 8.41. The molecule has 0 saturated carbocycles. The van der Waals surface area contributed by atoms with Crippen LogP contribution in [0, 0.1) is 0 Å². The molecule has 0 aliphatic heterocycles. The normalized spacial score (nSPS) is 11.6. The molecule has 6 nitrogen and oxygen atoms in total. The van der Waals surface area contributed by atoms with Crippen molar-refractivity contribution in [1.82, 2.24) is 29.1 Å². The van der Waals surface area contributed by atoms with Crippen LogP contribution >= 0.6 is 0 Å². The van der Waals surface area contributed by atoms with Crippen LogP contribution in [0.15, 0.2) is 146 Å². The summed E-state index contributed by atoms with van der Waals surface area (Å²) in [7, 11) is 0. The number of benzene rings is 3. The lowest BCUT2D eigenvalue weighted by molar-refractivity contribution is 1.13. The average Bonchev–Trinajstić information content (AvgIpc) is 3.61. The molecule has 6 heterocycles. The Labute approximate surface area is 252 Å². The summed E-state index contributed by atoms with van der Waals surface area (Å²) in [5.74, 6) is 0. The van der Waals surface area contributed by atoms with Gasteiger partial charge in [-0.3, -0.25) is 19.9 Å². The zero-order valence-corrected chi connectivity index (χ0v) is 23.5. The second-order valence-electron chi connectivity index (χ2n) is 10.8. The van der Waals surface area contributed by atoms with Crippen molar-refractivity contribution in [3.05, 3.63) is 146 Å². The Morgan fingerprint density at radius 2 is 1.11 bits per heavy atom. The highest BCUT2D eigenvalue weighted by Gasteiger charge is 2.17. The van der Waals surface area contributed by atoms with Crippen molar-refractivity contribution in [2.75, 3.05) is 0 Å². The molecular weight excluding hydrogens is 540 g/mol. The summed E-state index contributed by atoms with van der Waals surface area (Å²) < 4.78 is 4.60. The van der Waals surface area contributed by atoms with Gasteiger partial charge >= 0.3 is 0 Å². The first-order valence-electron chi connectivity index (χ1n) is 14.5. The molecular formula is C38H24N6. The van der Waals surface area contributed by atoms with Crippen LogP contribution in [0.25, 0.3) is 77.5 Å². The van der Waals surface area contributed by atoms with Gasteiger partial charge in [0.1, 0.15) is 0 Å². The van der Waals surface area contributed by atoms with Crippen molar-refractivity contribution >= 4 is 43.7 Å². The molecule has 6 aromatic heterocycles. The molecule has 0 aliphatic rings. The van der Waals surface area contributed by atoms with E-state index in [4.69, 9.17) is 4.98 Å². The first-order chi connectivity index (χ1) is 21.8. The van der Waals surface area contributed by atoms with E-state index in [1.54, 1.807) is 0 Å². The largest absolute Gasteiger partial charge is 0.309 e. The van der Waals surface area contributed by atoms with Gasteiger partial charge in [0.25, 0.3) is 0 Å². The molecule has 0 fully saturated rings. The maximum Gasteiger partial charge on any atom is 0.0963 e. The Morgan fingerprint density at radius 1 is 0.432 bits per heavy atom. The molecule has 0 amide bonds. The fourth-order valence-electron chi connectivity index (χ4n) is 6.52. The zero-order valence-electron chi connectivity index (χ0n) is 23.5. The third kappa shape index (κ3) is 3.68. The fraction of sp³-hybridized carbons (Fsp3) is 0. The molecule has 9 aromatic rings. The molecule has 0 N–H and O–H groups in total. The predicted molar refractivity (Wildman–Crippen MR) is 177 cm³/mol. The van der Waals surface area contributed by atoms with Gasteiger partial charge in [0.15, 0.2) is 0 Å². The predicted octanol–water partition coefficient (Wildman–Crippen LogP) is 8.79. The average molecular weight is 565 g/mol. The van der Waals surface area contributed by atoms with Crippen molar-refractivity contribution in [1.29, 1.82) is 0 Å². The van der Waals surface area contributed by atoms with Crippen LogP contribution in [0.1, 0.15) is 0 Å². The van der Waals surface area contributed by atoms with Crippen molar-refractivity contribution in [3.8, 4) is 33.8 Å². The van der Waals surface area contributed by atoms with Crippen LogP contribution in [0.4, 0.5) is 0 Å². The van der Waals surface area contributed by atoms with E-state index < -0.39 is 0 Å². The molecule has 3 aromatic carbocycles. The zero-order chi connectivity index (χ0) is 29.0. The Balaban J connectivity index is 1.26. The van der Waals surface area contributed by atoms with E-state index in [9.17, 15) is 0 Å². The number of hydrogen-bond donors (Lipinski definition) is 0. The number of rotatable bonds is 4. The highest BCUT2D eigenvalue weighted by molar-refractivity contribution is 6.10. The molecule has 0 saturated heterocycles. The second-order valence-corrected chi connectivity index (χ2v) is 10.8. The first kappa shape index (κ1) is 24.5. The third-order valence-electron chi connectivity index (χ3n) is 8.41. The summed E-state index contributed by atoms with van der Waals surface area (Å²) in [6.07, 6.45) is 11.2. The van der Waals surface area contributed by atoms with Gasteiger partial charge < -0.3 is 9.13 Å². The molecule has 6 heteroatoms. The topological polar surface area (TPSA) is 61.4 Å². The van der Waals surface area contributed by atoms with Crippen molar-refractivity contribution < 1.29 is 0 Å². The Hall–Kier alpha value is -6.14. The van der Waals surface area contributed by atoms with Crippen LogP contribution in [-0.4, -0.2) is 29.1 Å². The Morgan fingerprint density at radius 3 is 1.86 bits per heavy atom. The van der Waals surface area contributed by atoms with Crippen LogP contribution in [0.5, 0.6) is 0 Å². The molecule has 0 aliphatic carbocycles. The van der Waals surface area contributed by atoms with E-state index in [0.29, 0.717) is 0 Å². The second kappa shape index (κ2) is 9.71. The van der Waals surface area contributed by atoms with Gasteiger partial charge in [-0.05, 0) is 77.9 Å². The highest BCUT2D eigenvalue weighted by Crippen LogP contribution is 2.38. The summed E-state index contributed by atoms with van der Waals surface area (Å²) in [5.41, 5.74) is 11.8. The number of hydrogen-bond acceptors (Lipinski definition) is 4. The maximum absolute atomic E-state index is 4.87. The minimum atomic E-state index is 0.956. The van der Waals surface area contributed by atoms with Crippen molar-refractivity contribution in [3.63, 3.8) is 0 Å². The monoisotopic (exact) mass is 564 g/mol. The van der Waals surface area contributed by atoms with Gasteiger partial charge in [0.05, 0.1) is 33.3 Å². The van der Waals surface area contributed by atoms with E-state index in [0.717, 1.165) is 77.5 Å². The van der Waals surface area contributed by atoms with E-state index in [1.165, 1.54) is 0 Å². The maximum atomic E-state index is 4.87. The molecule has 206 valence electrons. The lowest BCUT2D eigenvalue weighted by Crippen LogP contribution is -1.98. The Kier molecular flexibility index (Phi) is 5.40. The van der Waals surface area contributed by atoms with Crippen LogP contribution in [0.2, 0.25) is 0 Å². The minimum Gasteiger partial charge on any atom is -0.309 e. The Bertz CT molecular complexity index is 2450. The molecule has 0 radical (unpaired) electrons. The first-order valence-corrected chi connectivity index (χ1v) is 14.5. The smallest absolute Gasteiger partial charge is 0.0963 e. The van der Waals surface area contributed by atoms with Gasteiger partial charge in [-0.25, -0.2) is 0 Å². The standard InChI is InChI=1S/C38H24N6/c1-2-10-29(33-11-3-4-17-41-33)28(9-1)25-13-14-34-30(21-25)38-37(12-6-18-42-38)44(34)27-8-5-7-26(22-27)43-35-15-19-39-23-31(35)32-24-40-20-16-36(32)43/h1-24H. The lowest BCUT2D eigenvalue weighted by Gasteiger charge is -2.13. The lowest BCUT2D eigenvalue weighted by atomic mass is 9.96. The summed E-state index contributed by atoms with van der Waals surface area (Å²) in [6.45, 7) is 0. The van der Waals surface area contributed by atoms with E-state index in [-0.39, 0.29) is 0 Å². The molecule has 0 atom stereocenters.